The van der Waals surface area contributed by atoms with Crippen LogP contribution >= 0.6 is 15.9 Å². The van der Waals surface area contributed by atoms with Crippen molar-refractivity contribution >= 4 is 15.9 Å². The molecule has 5 heteroatoms. The minimum absolute atomic E-state index is 0.0942. The van der Waals surface area contributed by atoms with Gasteiger partial charge in [0.15, 0.2) is 11.5 Å². The van der Waals surface area contributed by atoms with Crippen LogP contribution in [0.15, 0.2) is 10.5 Å². The molecule has 1 aliphatic heterocycles. The molecule has 0 atom stereocenters. The second-order valence-electron chi connectivity index (χ2n) is 3.51. The lowest BCUT2D eigenvalue weighted by atomic mass is 10.1. The zero-order valence-electron chi connectivity index (χ0n) is 8.63. The fourth-order valence-corrected chi connectivity index (χ4v) is 2.16. The standard InChI is InChI=1S/C11H12BrFO3/c12-9-10(13)7(2-3-14)6-8-11(9)16-5-1-4-15-8/h6,14H,1-5H2. The molecule has 0 spiro atoms. The molecule has 0 unspecified atom stereocenters. The lowest BCUT2D eigenvalue weighted by molar-refractivity contribution is 0.295. The molecule has 2 rings (SSSR count). The number of hydrogen-bond donors (Lipinski definition) is 1. The van der Waals surface area contributed by atoms with Gasteiger partial charge in [-0.15, -0.1) is 0 Å². The quantitative estimate of drug-likeness (QED) is 0.908. The normalized spacial score (nSPS) is 14.7. The Bertz CT molecular complexity index is 395. The Hall–Kier alpha value is -0.810. The molecule has 0 amide bonds. The maximum atomic E-state index is 13.8. The Morgan fingerprint density at radius 2 is 2.12 bits per heavy atom. The molecule has 0 fully saturated rings. The van der Waals surface area contributed by atoms with E-state index in [9.17, 15) is 4.39 Å². The van der Waals surface area contributed by atoms with Gasteiger partial charge < -0.3 is 14.6 Å². The minimum Gasteiger partial charge on any atom is -0.490 e. The van der Waals surface area contributed by atoms with Crippen molar-refractivity contribution in [3.05, 3.63) is 21.9 Å². The predicted octanol–water partition coefficient (Wildman–Crippen LogP) is 2.28. The van der Waals surface area contributed by atoms with Crippen molar-refractivity contribution in [3.8, 4) is 11.5 Å². The summed E-state index contributed by atoms with van der Waals surface area (Å²) in [5, 5.41) is 8.84. The number of halogens is 2. The van der Waals surface area contributed by atoms with Crippen molar-refractivity contribution in [1.82, 2.24) is 0 Å². The number of ether oxygens (including phenoxy) is 2. The number of benzene rings is 1. The van der Waals surface area contributed by atoms with E-state index in [0.29, 0.717) is 30.3 Å². The largest absolute Gasteiger partial charge is 0.490 e. The summed E-state index contributed by atoms with van der Waals surface area (Å²) >= 11 is 3.16. The second kappa shape index (κ2) is 5.01. The van der Waals surface area contributed by atoms with Crippen LogP contribution in [0.3, 0.4) is 0 Å². The van der Waals surface area contributed by atoms with E-state index < -0.39 is 5.82 Å². The Labute approximate surface area is 101 Å². The van der Waals surface area contributed by atoms with Gasteiger partial charge in [-0.25, -0.2) is 4.39 Å². The van der Waals surface area contributed by atoms with Gasteiger partial charge in [0.05, 0.1) is 17.7 Å². The Kier molecular flexibility index (Phi) is 3.66. The van der Waals surface area contributed by atoms with Crippen LogP contribution in [0.2, 0.25) is 0 Å². The van der Waals surface area contributed by atoms with Crippen LogP contribution < -0.4 is 9.47 Å². The van der Waals surface area contributed by atoms with Gasteiger partial charge in [-0.05, 0) is 34.0 Å². The summed E-state index contributed by atoms with van der Waals surface area (Å²) in [6.07, 6.45) is 1.04. The van der Waals surface area contributed by atoms with Gasteiger partial charge in [0.1, 0.15) is 5.82 Å². The molecule has 1 N–H and O–H groups in total. The highest BCUT2D eigenvalue weighted by molar-refractivity contribution is 9.10. The van der Waals surface area contributed by atoms with Crippen LogP contribution in [0.5, 0.6) is 11.5 Å². The number of aliphatic hydroxyl groups is 1. The third-order valence-corrected chi connectivity index (χ3v) is 3.09. The van der Waals surface area contributed by atoms with Crippen LogP contribution in [0.1, 0.15) is 12.0 Å². The van der Waals surface area contributed by atoms with Crippen molar-refractivity contribution in [2.45, 2.75) is 12.8 Å². The summed E-state index contributed by atoms with van der Waals surface area (Å²) in [7, 11) is 0. The third kappa shape index (κ3) is 2.15. The first-order chi connectivity index (χ1) is 7.74. The Morgan fingerprint density at radius 1 is 1.38 bits per heavy atom. The van der Waals surface area contributed by atoms with Gasteiger partial charge in [-0.1, -0.05) is 0 Å². The molecule has 88 valence electrons. The van der Waals surface area contributed by atoms with Crippen molar-refractivity contribution in [2.75, 3.05) is 19.8 Å². The van der Waals surface area contributed by atoms with Crippen molar-refractivity contribution in [1.29, 1.82) is 0 Å². The fraction of sp³-hybridized carbons (Fsp3) is 0.455. The molecule has 0 bridgehead atoms. The van der Waals surface area contributed by atoms with Crippen LogP contribution in [0.25, 0.3) is 0 Å². The summed E-state index contributed by atoms with van der Waals surface area (Å²) < 4.78 is 25.0. The van der Waals surface area contributed by atoms with Crippen molar-refractivity contribution in [3.63, 3.8) is 0 Å². The molecule has 0 saturated carbocycles. The number of hydrogen-bond acceptors (Lipinski definition) is 3. The van der Waals surface area contributed by atoms with Crippen LogP contribution in [0, 0.1) is 5.82 Å². The zero-order valence-corrected chi connectivity index (χ0v) is 10.2. The van der Waals surface area contributed by atoms with Gasteiger partial charge in [0, 0.05) is 13.0 Å². The molecule has 0 saturated heterocycles. The number of fused-ring (bicyclic) bond motifs is 1. The van der Waals surface area contributed by atoms with Gasteiger partial charge in [-0.2, -0.15) is 0 Å². The minimum atomic E-state index is -0.390. The van der Waals surface area contributed by atoms with Crippen LogP contribution in [-0.4, -0.2) is 24.9 Å². The number of aliphatic hydroxyl groups excluding tert-OH is 1. The summed E-state index contributed by atoms with van der Waals surface area (Å²) in [5.74, 6) is 0.559. The number of rotatable bonds is 2. The highest BCUT2D eigenvalue weighted by atomic mass is 79.9. The molecule has 0 aliphatic carbocycles. The molecule has 1 aromatic carbocycles. The second-order valence-corrected chi connectivity index (χ2v) is 4.31. The highest BCUT2D eigenvalue weighted by Crippen LogP contribution is 2.40. The van der Waals surface area contributed by atoms with Crippen LogP contribution in [-0.2, 0) is 6.42 Å². The average Bonchev–Trinajstić information content (AvgIpc) is 2.51. The summed E-state index contributed by atoms with van der Waals surface area (Å²) in [4.78, 5) is 0. The first-order valence-corrected chi connectivity index (χ1v) is 5.90. The van der Waals surface area contributed by atoms with E-state index in [2.05, 4.69) is 15.9 Å². The maximum Gasteiger partial charge on any atom is 0.178 e. The van der Waals surface area contributed by atoms with E-state index in [-0.39, 0.29) is 17.5 Å². The lowest BCUT2D eigenvalue weighted by Crippen LogP contribution is -2.00. The van der Waals surface area contributed by atoms with Crippen LogP contribution in [0.4, 0.5) is 4.39 Å². The maximum absolute atomic E-state index is 13.8. The first-order valence-electron chi connectivity index (χ1n) is 5.11. The fourth-order valence-electron chi connectivity index (χ4n) is 1.60. The molecule has 3 nitrogen and oxygen atoms in total. The monoisotopic (exact) mass is 290 g/mol. The third-order valence-electron chi connectivity index (χ3n) is 2.38. The van der Waals surface area contributed by atoms with Gasteiger partial charge >= 0.3 is 0 Å². The van der Waals surface area contributed by atoms with Gasteiger partial charge in [-0.3, -0.25) is 0 Å². The summed E-state index contributed by atoms with van der Waals surface area (Å²) in [6, 6.07) is 1.59. The van der Waals surface area contributed by atoms with E-state index in [1.165, 1.54) is 0 Å². The summed E-state index contributed by atoms with van der Waals surface area (Å²) in [6.45, 7) is 0.983. The molecule has 0 radical (unpaired) electrons. The average molecular weight is 291 g/mol. The van der Waals surface area contributed by atoms with Crippen molar-refractivity contribution in [2.24, 2.45) is 0 Å². The zero-order chi connectivity index (χ0) is 11.5. The topological polar surface area (TPSA) is 38.7 Å². The van der Waals surface area contributed by atoms with Gasteiger partial charge in [0.25, 0.3) is 0 Å². The molecule has 1 aromatic rings. The molecular formula is C11H12BrFO3. The molecule has 1 aliphatic rings. The lowest BCUT2D eigenvalue weighted by Gasteiger charge is -2.12. The van der Waals surface area contributed by atoms with E-state index >= 15 is 0 Å². The Morgan fingerprint density at radius 3 is 2.88 bits per heavy atom. The summed E-state index contributed by atoms with van der Waals surface area (Å²) in [5.41, 5.74) is 0.429. The van der Waals surface area contributed by atoms with E-state index in [4.69, 9.17) is 14.6 Å². The molecule has 0 aromatic heterocycles. The van der Waals surface area contributed by atoms with E-state index in [1.54, 1.807) is 6.07 Å². The van der Waals surface area contributed by atoms with Gasteiger partial charge in [0.2, 0.25) is 0 Å². The van der Waals surface area contributed by atoms with Crippen molar-refractivity contribution < 1.29 is 19.0 Å². The predicted molar refractivity (Wildman–Crippen MR) is 60.5 cm³/mol. The highest BCUT2D eigenvalue weighted by Gasteiger charge is 2.20. The smallest absolute Gasteiger partial charge is 0.178 e. The van der Waals surface area contributed by atoms with E-state index in [1.807, 2.05) is 0 Å². The van der Waals surface area contributed by atoms with E-state index in [0.717, 1.165) is 6.42 Å². The molecule has 1 heterocycles. The SMILES string of the molecule is OCCc1cc2c(c(Br)c1F)OCCCO2. The first kappa shape index (κ1) is 11.7. The molecular weight excluding hydrogens is 279 g/mol. The molecule has 16 heavy (non-hydrogen) atoms. The Balaban J connectivity index is 2.46.